The number of aromatic nitrogens is 16. The molecule has 106 heavy (non-hydrogen) atoms. The van der Waals surface area contributed by atoms with Crippen LogP contribution in [0.1, 0.15) is 129 Å². The van der Waals surface area contributed by atoms with Crippen molar-refractivity contribution in [3.63, 3.8) is 0 Å². The lowest BCUT2D eigenvalue weighted by Gasteiger charge is -2.16. The summed E-state index contributed by atoms with van der Waals surface area (Å²) < 4.78 is 95.0. The topological polar surface area (TPSA) is 444 Å². The SMILES string of the molecule is CC(Nc1cc(Nc2cc(C(F)(F)F)[nH]n2)nc(N)n1)c1ccc(F)cc1.CCCc1cc(Nc2cc(NC(C)c3ccc(F)cc3)nc(N)n2)n[nH]1.CCOC(=O)c1cc(Nc2cc(NC(C)c3ccc(F)cc3)nc(N)n2)n[nH]1.CCc1cc(Nc2cc(NC(C)c3ccc(F)cc3)nc(N)n2)n[nH]1. The number of nitrogen functional groups attached to an aromatic ring is 4. The van der Waals surface area contributed by atoms with Crippen molar-refractivity contribution in [2.24, 2.45) is 0 Å². The van der Waals surface area contributed by atoms with Gasteiger partial charge in [0.25, 0.3) is 0 Å². The molecule has 0 amide bonds. The van der Waals surface area contributed by atoms with Crippen molar-refractivity contribution in [2.45, 2.75) is 98.1 Å². The van der Waals surface area contributed by atoms with E-state index in [1.165, 1.54) is 60.7 Å². The number of aryl methyl sites for hydroxylation is 2. The number of halogens is 7. The molecule has 20 N–H and O–H groups in total. The van der Waals surface area contributed by atoms with Gasteiger partial charge in [-0.1, -0.05) is 68.8 Å². The Morgan fingerprint density at radius 3 is 0.991 bits per heavy atom. The minimum absolute atomic E-state index is 0.0555. The first-order valence-corrected chi connectivity index (χ1v) is 32.9. The van der Waals surface area contributed by atoms with Gasteiger partial charge in [-0.25, -0.2) is 22.4 Å². The van der Waals surface area contributed by atoms with Crippen LogP contribution < -0.4 is 65.5 Å². The number of carbonyl (C=O) groups is 1. The summed E-state index contributed by atoms with van der Waals surface area (Å²) in [5.41, 5.74) is 27.9. The first kappa shape index (κ1) is 76.8. The second-order valence-electron chi connectivity index (χ2n) is 23.4. The van der Waals surface area contributed by atoms with Crippen LogP contribution in [0, 0.1) is 23.3 Å². The van der Waals surface area contributed by atoms with Crippen molar-refractivity contribution in [3.05, 3.63) is 214 Å². The second kappa shape index (κ2) is 36.0. The molecular weight excluding hydrogens is 1390 g/mol. The molecule has 0 fully saturated rings. The summed E-state index contributed by atoms with van der Waals surface area (Å²) in [4.78, 5) is 44.7. The summed E-state index contributed by atoms with van der Waals surface area (Å²) in [6, 6.07) is 37.0. The van der Waals surface area contributed by atoms with Crippen LogP contribution in [-0.4, -0.2) is 93.2 Å². The molecule has 0 bridgehead atoms. The van der Waals surface area contributed by atoms with Crippen molar-refractivity contribution >= 4 is 99.6 Å². The summed E-state index contributed by atoms with van der Waals surface area (Å²) in [5, 5.41) is 50.9. The number of anilines is 16. The number of hydrogen-bond acceptors (Lipinski definition) is 26. The Labute approximate surface area is 602 Å². The van der Waals surface area contributed by atoms with Crippen LogP contribution in [0.3, 0.4) is 0 Å². The van der Waals surface area contributed by atoms with Gasteiger partial charge in [-0.05, 0) is 118 Å². The lowest BCUT2D eigenvalue weighted by Crippen LogP contribution is -2.10. The maximum absolute atomic E-state index is 13.1. The average molecular weight is 1460 g/mol. The van der Waals surface area contributed by atoms with Crippen molar-refractivity contribution in [3.8, 4) is 0 Å². The Bertz CT molecular complexity index is 4790. The number of benzene rings is 4. The van der Waals surface area contributed by atoms with E-state index >= 15 is 0 Å². The number of ether oxygens (including phenoxy) is 1. The van der Waals surface area contributed by atoms with Crippen molar-refractivity contribution in [1.82, 2.24) is 80.7 Å². The summed E-state index contributed by atoms with van der Waals surface area (Å²) in [6.45, 7) is 13.8. The highest BCUT2D eigenvalue weighted by atomic mass is 19.4. The Balaban J connectivity index is 0.000000164. The quantitative estimate of drug-likeness (QED) is 0.0187. The van der Waals surface area contributed by atoms with Crippen LogP contribution >= 0.6 is 0 Å². The summed E-state index contributed by atoms with van der Waals surface area (Å²) in [5.74, 6) is 3.82. The van der Waals surface area contributed by atoms with E-state index in [1.807, 2.05) is 51.9 Å². The van der Waals surface area contributed by atoms with Crippen LogP contribution in [0.15, 0.2) is 146 Å². The van der Waals surface area contributed by atoms with Gasteiger partial charge >= 0.3 is 12.1 Å². The standard InChI is InChI=1S/C18H20FN7O2.C18H22FN7.C17H20FN7.C16H15F4N7/c1-3-28-17(27)13-8-16(26-25-13)22-15-9-14(23-18(20)24-15)21-10(2)11-4-6-12(19)7-5-11;1-3-4-14-9-17(26-25-14)22-16-10-15(23-18(20)24-16)21-11(2)12-5-7-13(19)8-6-12;1-3-13-8-16(25-24-13)21-15-9-14(22-17(19)23-15)20-10(2)11-4-6-12(18)7-5-11;1-8(9-2-4-10(17)5-3-9)22-12-7-13(25-15(21)24-12)23-14-6-11(26-27-14)16(18,19)20/h4-10H,3H2,1-2H3,(H5,20,21,22,23,24,25,26);5-11H,3-4H2,1-2H3,(H5,20,21,22,23,24,25,26);4-10H,3H2,1-2H3,(H5,19,20,21,22,23,24,25);2-8H,1H3,(H5,21,22,23,24,25,26,27). The average Bonchev–Trinajstić information content (AvgIpc) is 1.34. The third-order valence-corrected chi connectivity index (χ3v) is 15.1. The number of carbonyl (C=O) groups excluding carboxylic acids is 1. The van der Waals surface area contributed by atoms with Crippen molar-refractivity contribution in [1.29, 1.82) is 0 Å². The molecule has 4 aromatic carbocycles. The van der Waals surface area contributed by atoms with Gasteiger partial charge in [0.15, 0.2) is 23.3 Å². The molecule has 12 aromatic rings. The van der Waals surface area contributed by atoms with Crippen LogP contribution in [0.5, 0.6) is 0 Å². The first-order valence-electron chi connectivity index (χ1n) is 32.9. The van der Waals surface area contributed by atoms with Gasteiger partial charge in [0.1, 0.15) is 81.2 Å². The molecule has 4 unspecified atom stereocenters. The van der Waals surface area contributed by atoms with E-state index in [9.17, 15) is 35.5 Å². The number of H-pyrrole nitrogens is 4. The molecule has 8 heterocycles. The number of nitrogens with two attached hydrogens (primary N) is 4. The van der Waals surface area contributed by atoms with E-state index in [0.29, 0.717) is 58.2 Å². The molecule has 0 saturated carbocycles. The van der Waals surface area contributed by atoms with Gasteiger partial charge in [-0.2, -0.15) is 73.4 Å². The number of esters is 1. The molecule has 37 heteroatoms. The molecule has 0 aliphatic carbocycles. The highest BCUT2D eigenvalue weighted by Crippen LogP contribution is 2.31. The van der Waals surface area contributed by atoms with Crippen molar-refractivity contribution < 1.29 is 40.3 Å². The van der Waals surface area contributed by atoms with Gasteiger partial charge < -0.3 is 70.2 Å². The van der Waals surface area contributed by atoms with Crippen LogP contribution in [-0.2, 0) is 23.8 Å². The Hall–Kier alpha value is -13.4. The Morgan fingerprint density at radius 1 is 0.396 bits per heavy atom. The molecule has 0 radical (unpaired) electrons. The zero-order chi connectivity index (χ0) is 76.0. The minimum Gasteiger partial charge on any atom is -0.461 e. The van der Waals surface area contributed by atoms with Gasteiger partial charge in [0.05, 0.1) is 6.61 Å². The fraction of sp³-hybridized carbons (Fsp3) is 0.232. The van der Waals surface area contributed by atoms with E-state index in [-0.39, 0.29) is 95.2 Å². The minimum atomic E-state index is -4.53. The molecule has 554 valence electrons. The Kier molecular flexibility index (Phi) is 26.1. The van der Waals surface area contributed by atoms with Gasteiger partial charge in [0, 0.05) is 84.1 Å². The zero-order valence-corrected chi connectivity index (χ0v) is 58.1. The third kappa shape index (κ3) is 23.3. The zero-order valence-electron chi connectivity index (χ0n) is 58.1. The molecule has 12 rings (SSSR count). The van der Waals surface area contributed by atoms with E-state index in [1.54, 1.807) is 73.7 Å². The highest BCUT2D eigenvalue weighted by Gasteiger charge is 2.33. The van der Waals surface area contributed by atoms with Crippen LogP contribution in [0.2, 0.25) is 0 Å². The maximum Gasteiger partial charge on any atom is 0.432 e. The van der Waals surface area contributed by atoms with Crippen LogP contribution in [0.25, 0.3) is 0 Å². The van der Waals surface area contributed by atoms with E-state index in [0.717, 1.165) is 59.0 Å². The lowest BCUT2D eigenvalue weighted by molar-refractivity contribution is -0.141. The first-order chi connectivity index (χ1) is 50.7. The van der Waals surface area contributed by atoms with Crippen LogP contribution in [0.4, 0.5) is 124 Å². The van der Waals surface area contributed by atoms with Gasteiger partial charge in [-0.3, -0.25) is 20.4 Å². The normalized spacial score (nSPS) is 12.1. The predicted molar refractivity (Wildman–Crippen MR) is 391 cm³/mol. The largest absolute Gasteiger partial charge is 0.461 e. The number of aromatic amines is 4. The lowest BCUT2D eigenvalue weighted by atomic mass is 10.1. The van der Waals surface area contributed by atoms with Gasteiger partial charge in [0.2, 0.25) is 23.8 Å². The van der Waals surface area contributed by atoms with E-state index < -0.39 is 17.8 Å². The fourth-order valence-corrected chi connectivity index (χ4v) is 9.83. The summed E-state index contributed by atoms with van der Waals surface area (Å²) >= 11 is 0. The highest BCUT2D eigenvalue weighted by molar-refractivity contribution is 5.88. The predicted octanol–water partition coefficient (Wildman–Crippen LogP) is 14.1. The van der Waals surface area contributed by atoms with Crippen molar-refractivity contribution in [2.75, 3.05) is 72.1 Å². The van der Waals surface area contributed by atoms with Gasteiger partial charge in [-0.15, -0.1) is 0 Å². The molecule has 30 nitrogen and oxygen atoms in total. The molecule has 4 atom stereocenters. The third-order valence-electron chi connectivity index (χ3n) is 15.1. The molecular formula is C69H77F7N28O2. The number of nitrogens with one attached hydrogen (secondary N) is 12. The molecule has 0 spiro atoms. The number of nitrogens with zero attached hydrogens (tertiary/aromatic N) is 12. The monoisotopic (exact) mass is 1460 g/mol. The maximum atomic E-state index is 13.1. The molecule has 0 aliphatic rings. The number of hydrogen-bond donors (Lipinski definition) is 16. The molecule has 0 aliphatic heterocycles. The summed E-state index contributed by atoms with van der Waals surface area (Å²) in [7, 11) is 0. The summed E-state index contributed by atoms with van der Waals surface area (Å²) in [6.07, 6.45) is -1.70. The van der Waals surface area contributed by atoms with E-state index in [4.69, 9.17) is 27.7 Å². The number of alkyl halides is 3. The fourth-order valence-electron chi connectivity index (χ4n) is 9.83. The van der Waals surface area contributed by atoms with E-state index in [2.05, 4.69) is 125 Å². The smallest absolute Gasteiger partial charge is 0.432 e. The second-order valence-corrected chi connectivity index (χ2v) is 23.4. The molecule has 8 aromatic heterocycles. The molecule has 0 saturated heterocycles. The number of rotatable bonds is 25. The Morgan fingerprint density at radius 2 is 0.689 bits per heavy atom.